The van der Waals surface area contributed by atoms with Gasteiger partial charge in [0.15, 0.2) is 0 Å². The van der Waals surface area contributed by atoms with Crippen LogP contribution in [0.1, 0.15) is 52.9 Å². The van der Waals surface area contributed by atoms with E-state index in [9.17, 15) is 13.2 Å². The zero-order valence-corrected chi connectivity index (χ0v) is 15.6. The van der Waals surface area contributed by atoms with Gasteiger partial charge in [0.05, 0.1) is 5.75 Å². The lowest BCUT2D eigenvalue weighted by Crippen LogP contribution is -2.45. The lowest BCUT2D eigenvalue weighted by molar-refractivity contribution is -0.136. The van der Waals surface area contributed by atoms with E-state index in [4.69, 9.17) is 0 Å². The molecule has 1 unspecified atom stereocenters. The van der Waals surface area contributed by atoms with Crippen molar-refractivity contribution in [1.82, 2.24) is 9.21 Å². The van der Waals surface area contributed by atoms with E-state index in [-0.39, 0.29) is 17.6 Å². The van der Waals surface area contributed by atoms with Crippen LogP contribution in [-0.2, 0) is 14.8 Å². The molecule has 2 rings (SSSR count). The number of sulfonamides is 1. The fraction of sp³-hybridized carbons (Fsp3) is 0.941. The van der Waals surface area contributed by atoms with Gasteiger partial charge < -0.3 is 4.90 Å². The average Bonchev–Trinajstić information content (AvgIpc) is 2.80. The molecule has 134 valence electrons. The van der Waals surface area contributed by atoms with E-state index < -0.39 is 10.0 Å². The fourth-order valence-electron chi connectivity index (χ4n) is 3.83. The van der Waals surface area contributed by atoms with Crippen LogP contribution in [0.3, 0.4) is 0 Å². The molecule has 6 heteroatoms. The van der Waals surface area contributed by atoms with Gasteiger partial charge in [0, 0.05) is 32.1 Å². The maximum Gasteiger partial charge on any atom is 0.225 e. The molecule has 2 aliphatic rings. The third-order valence-corrected chi connectivity index (χ3v) is 7.47. The zero-order chi connectivity index (χ0) is 17.0. The van der Waals surface area contributed by atoms with Crippen LogP contribution < -0.4 is 0 Å². The molecule has 0 aliphatic carbocycles. The van der Waals surface area contributed by atoms with E-state index in [0.29, 0.717) is 31.8 Å². The maximum atomic E-state index is 12.8. The van der Waals surface area contributed by atoms with Crippen molar-refractivity contribution in [2.45, 2.75) is 52.9 Å². The van der Waals surface area contributed by atoms with Gasteiger partial charge in [-0.05, 0) is 50.9 Å². The first-order chi connectivity index (χ1) is 10.8. The van der Waals surface area contributed by atoms with Gasteiger partial charge in [-0.1, -0.05) is 13.8 Å². The summed E-state index contributed by atoms with van der Waals surface area (Å²) < 4.78 is 25.4. The van der Waals surface area contributed by atoms with Crippen molar-refractivity contribution in [1.29, 1.82) is 0 Å². The second-order valence-electron chi connectivity index (χ2n) is 7.33. The first kappa shape index (κ1) is 18.7. The molecule has 1 atom stereocenters. The number of nitrogens with zero attached hydrogens (tertiary/aromatic N) is 2. The second kappa shape index (κ2) is 7.97. The molecule has 0 bridgehead atoms. The Kier molecular flexibility index (Phi) is 6.48. The average molecular weight is 345 g/mol. The van der Waals surface area contributed by atoms with Crippen LogP contribution >= 0.6 is 0 Å². The Hall–Kier alpha value is -0.620. The Morgan fingerprint density at radius 1 is 1.04 bits per heavy atom. The SMILES string of the molecule is CCS(=O)(=O)N1CCC(C(=O)N2CCCC(C(C)C)CC2)CC1. The molecule has 1 amide bonds. The molecule has 2 heterocycles. The quantitative estimate of drug-likeness (QED) is 0.786. The molecule has 2 aliphatic heterocycles. The third kappa shape index (κ3) is 4.69. The van der Waals surface area contributed by atoms with E-state index in [2.05, 4.69) is 13.8 Å². The molecule has 5 nitrogen and oxygen atoms in total. The molecule has 0 aromatic heterocycles. The second-order valence-corrected chi connectivity index (χ2v) is 9.59. The van der Waals surface area contributed by atoms with E-state index in [1.807, 2.05) is 4.90 Å². The number of hydrogen-bond donors (Lipinski definition) is 0. The summed E-state index contributed by atoms with van der Waals surface area (Å²) >= 11 is 0. The molecule has 2 saturated heterocycles. The molecule has 0 N–H and O–H groups in total. The van der Waals surface area contributed by atoms with Gasteiger partial charge in [-0.3, -0.25) is 4.79 Å². The van der Waals surface area contributed by atoms with Crippen molar-refractivity contribution in [2.75, 3.05) is 31.9 Å². The highest BCUT2D eigenvalue weighted by molar-refractivity contribution is 7.89. The molecule has 0 aromatic rings. The van der Waals surface area contributed by atoms with Gasteiger partial charge in [-0.2, -0.15) is 0 Å². The number of likely N-dealkylation sites (tertiary alicyclic amines) is 1. The van der Waals surface area contributed by atoms with Crippen LogP contribution in [0.4, 0.5) is 0 Å². The van der Waals surface area contributed by atoms with E-state index in [0.717, 1.165) is 31.8 Å². The minimum Gasteiger partial charge on any atom is -0.342 e. The maximum absolute atomic E-state index is 12.8. The largest absolute Gasteiger partial charge is 0.342 e. The Morgan fingerprint density at radius 3 is 2.26 bits per heavy atom. The molecular weight excluding hydrogens is 312 g/mol. The standard InChI is InChI=1S/C17H32N2O3S/c1-4-23(21,22)19-12-8-16(9-13-19)17(20)18-10-5-6-15(7-11-18)14(2)3/h14-16H,4-13H2,1-3H3. The van der Waals surface area contributed by atoms with Gasteiger partial charge in [0.1, 0.15) is 0 Å². The Balaban J connectivity index is 1.87. The molecular formula is C17H32N2O3S. The lowest BCUT2D eigenvalue weighted by atomic mass is 9.89. The van der Waals surface area contributed by atoms with Gasteiger partial charge in [0.25, 0.3) is 0 Å². The predicted octanol–water partition coefficient (Wildman–Crippen LogP) is 2.33. The zero-order valence-electron chi connectivity index (χ0n) is 14.8. The fourth-order valence-corrected chi connectivity index (χ4v) is 4.96. The van der Waals surface area contributed by atoms with E-state index in [1.165, 1.54) is 6.42 Å². The van der Waals surface area contributed by atoms with Crippen LogP contribution in [0.15, 0.2) is 0 Å². The number of rotatable bonds is 4. The number of carbonyl (C=O) groups excluding carboxylic acids is 1. The highest BCUT2D eigenvalue weighted by Gasteiger charge is 2.33. The minimum atomic E-state index is -3.11. The summed E-state index contributed by atoms with van der Waals surface area (Å²) in [6, 6.07) is 0. The van der Waals surface area contributed by atoms with Crippen molar-refractivity contribution in [3.63, 3.8) is 0 Å². The highest BCUT2D eigenvalue weighted by Crippen LogP contribution is 2.27. The highest BCUT2D eigenvalue weighted by atomic mass is 32.2. The molecule has 0 aromatic carbocycles. The van der Waals surface area contributed by atoms with Crippen LogP contribution in [0.2, 0.25) is 0 Å². The van der Waals surface area contributed by atoms with Crippen LogP contribution in [0.25, 0.3) is 0 Å². The minimum absolute atomic E-state index is 0.00825. The van der Waals surface area contributed by atoms with Crippen molar-refractivity contribution < 1.29 is 13.2 Å². The van der Waals surface area contributed by atoms with Crippen LogP contribution in [0.5, 0.6) is 0 Å². The van der Waals surface area contributed by atoms with Gasteiger partial charge in [0.2, 0.25) is 15.9 Å². The van der Waals surface area contributed by atoms with Crippen molar-refractivity contribution >= 4 is 15.9 Å². The third-order valence-electron chi connectivity index (χ3n) is 5.59. The van der Waals surface area contributed by atoms with Gasteiger partial charge in [-0.25, -0.2) is 12.7 Å². The van der Waals surface area contributed by atoms with E-state index >= 15 is 0 Å². The smallest absolute Gasteiger partial charge is 0.225 e. The van der Waals surface area contributed by atoms with Gasteiger partial charge in [-0.15, -0.1) is 0 Å². The summed E-state index contributed by atoms with van der Waals surface area (Å²) in [6.07, 6.45) is 4.75. The number of amides is 1. The molecule has 2 fully saturated rings. The lowest BCUT2D eigenvalue weighted by Gasteiger charge is -2.33. The molecule has 0 radical (unpaired) electrons. The molecule has 0 saturated carbocycles. The number of carbonyl (C=O) groups is 1. The first-order valence-electron chi connectivity index (χ1n) is 9.11. The summed E-state index contributed by atoms with van der Waals surface area (Å²) in [5.74, 6) is 1.82. The number of piperidine rings is 1. The summed E-state index contributed by atoms with van der Waals surface area (Å²) in [5.41, 5.74) is 0. The van der Waals surface area contributed by atoms with Crippen LogP contribution in [0, 0.1) is 17.8 Å². The van der Waals surface area contributed by atoms with E-state index in [1.54, 1.807) is 11.2 Å². The first-order valence-corrected chi connectivity index (χ1v) is 10.7. The summed E-state index contributed by atoms with van der Waals surface area (Å²) in [7, 11) is -3.11. The monoisotopic (exact) mass is 344 g/mol. The summed E-state index contributed by atoms with van der Waals surface area (Å²) in [4.78, 5) is 14.8. The van der Waals surface area contributed by atoms with Crippen molar-refractivity contribution in [3.05, 3.63) is 0 Å². The molecule has 23 heavy (non-hydrogen) atoms. The number of hydrogen-bond acceptors (Lipinski definition) is 3. The van der Waals surface area contributed by atoms with Crippen LogP contribution in [-0.4, -0.2) is 55.5 Å². The summed E-state index contributed by atoms with van der Waals surface area (Å²) in [5, 5.41) is 0. The normalized spacial score (nSPS) is 25.6. The Bertz CT molecular complexity index is 496. The van der Waals surface area contributed by atoms with Crippen molar-refractivity contribution in [3.8, 4) is 0 Å². The predicted molar refractivity (Wildman–Crippen MR) is 92.5 cm³/mol. The Morgan fingerprint density at radius 2 is 1.70 bits per heavy atom. The Labute approximate surface area is 141 Å². The summed E-state index contributed by atoms with van der Waals surface area (Å²) in [6.45, 7) is 8.95. The topological polar surface area (TPSA) is 57.7 Å². The van der Waals surface area contributed by atoms with Gasteiger partial charge >= 0.3 is 0 Å². The molecule has 0 spiro atoms. The van der Waals surface area contributed by atoms with Crippen molar-refractivity contribution in [2.24, 2.45) is 17.8 Å².